The summed E-state index contributed by atoms with van der Waals surface area (Å²) in [5.74, 6) is 0.920. The molecule has 0 aliphatic heterocycles. The summed E-state index contributed by atoms with van der Waals surface area (Å²) >= 11 is 0. The van der Waals surface area contributed by atoms with Gasteiger partial charge >= 0.3 is 0 Å². The van der Waals surface area contributed by atoms with Crippen LogP contribution in [0.3, 0.4) is 0 Å². The van der Waals surface area contributed by atoms with Crippen molar-refractivity contribution in [2.24, 2.45) is 0 Å². The van der Waals surface area contributed by atoms with Crippen molar-refractivity contribution in [3.63, 3.8) is 0 Å². The summed E-state index contributed by atoms with van der Waals surface area (Å²) in [5.41, 5.74) is 2.41. The topological polar surface area (TPSA) is 49.9 Å². The first-order valence-electron chi connectivity index (χ1n) is 6.18. The van der Waals surface area contributed by atoms with Gasteiger partial charge in [0, 0.05) is 24.8 Å². The molecule has 18 heavy (non-hydrogen) atoms. The zero-order chi connectivity index (χ0) is 12.8. The largest absolute Gasteiger partial charge is 0.491 e. The van der Waals surface area contributed by atoms with Crippen LogP contribution in [0.15, 0.2) is 36.7 Å². The molecule has 0 unspecified atom stereocenters. The standard InChI is InChI=1S/C14H19N3O/c1-11(2)18-14-5-3-12(4-6-14)7-15-8-13-9-16-17-10-13/h3-6,9-11,15H,7-8H2,1-2H3,(H,16,17). The van der Waals surface area contributed by atoms with E-state index in [1.54, 1.807) is 0 Å². The summed E-state index contributed by atoms with van der Waals surface area (Å²) in [4.78, 5) is 0. The predicted molar refractivity (Wildman–Crippen MR) is 71.3 cm³/mol. The van der Waals surface area contributed by atoms with Gasteiger partial charge in [-0.25, -0.2) is 0 Å². The summed E-state index contributed by atoms with van der Waals surface area (Å²) in [6, 6.07) is 8.18. The molecule has 4 heteroatoms. The first-order chi connectivity index (χ1) is 8.74. The number of hydrogen-bond acceptors (Lipinski definition) is 3. The SMILES string of the molecule is CC(C)Oc1ccc(CNCc2cn[nH]c2)cc1. The van der Waals surface area contributed by atoms with Crippen LogP contribution in [0.5, 0.6) is 5.75 Å². The van der Waals surface area contributed by atoms with Crippen molar-refractivity contribution >= 4 is 0 Å². The molecule has 1 aromatic carbocycles. The zero-order valence-corrected chi connectivity index (χ0v) is 10.8. The minimum absolute atomic E-state index is 0.218. The van der Waals surface area contributed by atoms with Gasteiger partial charge in [-0.05, 0) is 31.5 Å². The quantitative estimate of drug-likeness (QED) is 0.822. The monoisotopic (exact) mass is 245 g/mol. The highest BCUT2D eigenvalue weighted by atomic mass is 16.5. The van der Waals surface area contributed by atoms with E-state index in [0.29, 0.717) is 0 Å². The summed E-state index contributed by atoms with van der Waals surface area (Å²) in [6.07, 6.45) is 3.94. The number of aromatic amines is 1. The Morgan fingerprint density at radius 1 is 1.17 bits per heavy atom. The van der Waals surface area contributed by atoms with Crippen LogP contribution in [-0.2, 0) is 13.1 Å². The van der Waals surface area contributed by atoms with E-state index in [1.165, 1.54) is 5.56 Å². The molecule has 96 valence electrons. The van der Waals surface area contributed by atoms with E-state index in [0.717, 1.165) is 24.4 Å². The molecule has 0 saturated heterocycles. The van der Waals surface area contributed by atoms with Crippen molar-refractivity contribution in [2.75, 3.05) is 0 Å². The molecule has 2 N–H and O–H groups in total. The number of ether oxygens (including phenoxy) is 1. The lowest BCUT2D eigenvalue weighted by molar-refractivity contribution is 0.242. The van der Waals surface area contributed by atoms with Crippen LogP contribution < -0.4 is 10.1 Å². The van der Waals surface area contributed by atoms with Gasteiger partial charge in [-0.15, -0.1) is 0 Å². The highest BCUT2D eigenvalue weighted by Crippen LogP contribution is 2.13. The molecule has 0 atom stereocenters. The summed E-state index contributed by atoms with van der Waals surface area (Å²) in [5, 5.41) is 10.1. The van der Waals surface area contributed by atoms with Gasteiger partial charge in [0.1, 0.15) is 5.75 Å². The van der Waals surface area contributed by atoms with E-state index >= 15 is 0 Å². The van der Waals surface area contributed by atoms with Crippen LogP contribution in [0.4, 0.5) is 0 Å². The number of rotatable bonds is 6. The van der Waals surface area contributed by atoms with E-state index in [-0.39, 0.29) is 6.10 Å². The molecule has 0 saturated carbocycles. The maximum absolute atomic E-state index is 5.60. The van der Waals surface area contributed by atoms with Crippen molar-refractivity contribution in [2.45, 2.75) is 33.0 Å². The van der Waals surface area contributed by atoms with Crippen LogP contribution in [0.25, 0.3) is 0 Å². The summed E-state index contributed by atoms with van der Waals surface area (Å²) in [7, 11) is 0. The number of nitrogens with one attached hydrogen (secondary N) is 2. The maximum atomic E-state index is 5.60. The van der Waals surface area contributed by atoms with Gasteiger partial charge in [0.15, 0.2) is 0 Å². The highest BCUT2D eigenvalue weighted by Gasteiger charge is 1.98. The van der Waals surface area contributed by atoms with E-state index in [4.69, 9.17) is 4.74 Å². The molecule has 0 spiro atoms. The Hall–Kier alpha value is -1.81. The van der Waals surface area contributed by atoms with Crippen LogP contribution in [-0.4, -0.2) is 16.3 Å². The van der Waals surface area contributed by atoms with E-state index in [1.807, 2.05) is 38.4 Å². The third-order valence-corrected chi connectivity index (χ3v) is 2.51. The maximum Gasteiger partial charge on any atom is 0.119 e. The molecule has 2 aromatic rings. The van der Waals surface area contributed by atoms with Gasteiger partial charge in [0.2, 0.25) is 0 Å². The van der Waals surface area contributed by atoms with Crippen LogP contribution >= 0.6 is 0 Å². The molecule has 0 aliphatic rings. The molecule has 0 aliphatic carbocycles. The smallest absolute Gasteiger partial charge is 0.119 e. The summed E-state index contributed by atoms with van der Waals surface area (Å²) < 4.78 is 5.60. The zero-order valence-electron chi connectivity index (χ0n) is 10.8. The van der Waals surface area contributed by atoms with Gasteiger partial charge in [-0.3, -0.25) is 5.10 Å². The van der Waals surface area contributed by atoms with Crippen molar-refractivity contribution in [1.82, 2.24) is 15.5 Å². The number of benzene rings is 1. The number of H-pyrrole nitrogens is 1. The molecule has 1 heterocycles. The normalized spacial score (nSPS) is 10.8. The third kappa shape index (κ3) is 3.89. The Bertz CT molecular complexity index is 448. The van der Waals surface area contributed by atoms with Gasteiger partial charge in [0.05, 0.1) is 12.3 Å². The minimum Gasteiger partial charge on any atom is -0.491 e. The fraction of sp³-hybridized carbons (Fsp3) is 0.357. The predicted octanol–water partition coefficient (Wildman–Crippen LogP) is 2.49. The molecule has 0 amide bonds. The molecular formula is C14H19N3O. The Morgan fingerprint density at radius 2 is 1.89 bits per heavy atom. The Kier molecular flexibility index (Phi) is 4.36. The minimum atomic E-state index is 0.218. The van der Waals surface area contributed by atoms with Crippen molar-refractivity contribution in [1.29, 1.82) is 0 Å². The number of aromatic nitrogens is 2. The lowest BCUT2D eigenvalue weighted by atomic mass is 10.2. The average Bonchev–Trinajstić information content (AvgIpc) is 2.84. The molecule has 2 rings (SSSR count). The summed E-state index contributed by atoms with van der Waals surface area (Å²) in [6.45, 7) is 5.72. The third-order valence-electron chi connectivity index (χ3n) is 2.51. The molecule has 4 nitrogen and oxygen atoms in total. The van der Waals surface area contributed by atoms with Crippen molar-refractivity contribution in [3.8, 4) is 5.75 Å². The Labute approximate surface area is 107 Å². The van der Waals surface area contributed by atoms with E-state index in [2.05, 4.69) is 27.6 Å². The van der Waals surface area contributed by atoms with Gasteiger partial charge in [0.25, 0.3) is 0 Å². The average molecular weight is 245 g/mol. The highest BCUT2D eigenvalue weighted by molar-refractivity contribution is 5.27. The van der Waals surface area contributed by atoms with Gasteiger partial charge in [-0.2, -0.15) is 5.10 Å². The molecule has 1 aromatic heterocycles. The van der Waals surface area contributed by atoms with Crippen LogP contribution in [0, 0.1) is 0 Å². The second kappa shape index (κ2) is 6.21. The Morgan fingerprint density at radius 3 is 2.50 bits per heavy atom. The lowest BCUT2D eigenvalue weighted by Gasteiger charge is -2.10. The molecular weight excluding hydrogens is 226 g/mol. The Balaban J connectivity index is 1.79. The fourth-order valence-electron chi connectivity index (χ4n) is 1.68. The van der Waals surface area contributed by atoms with Crippen LogP contribution in [0.2, 0.25) is 0 Å². The van der Waals surface area contributed by atoms with Crippen molar-refractivity contribution < 1.29 is 4.74 Å². The van der Waals surface area contributed by atoms with E-state index < -0.39 is 0 Å². The fourth-order valence-corrected chi connectivity index (χ4v) is 1.68. The first kappa shape index (κ1) is 12.6. The molecule has 0 bridgehead atoms. The second-order valence-corrected chi connectivity index (χ2v) is 4.52. The lowest BCUT2D eigenvalue weighted by Crippen LogP contribution is -2.12. The van der Waals surface area contributed by atoms with E-state index in [9.17, 15) is 0 Å². The van der Waals surface area contributed by atoms with Gasteiger partial charge < -0.3 is 10.1 Å². The number of hydrogen-bond donors (Lipinski definition) is 2. The first-order valence-corrected chi connectivity index (χ1v) is 6.18. The van der Waals surface area contributed by atoms with Crippen molar-refractivity contribution in [3.05, 3.63) is 47.8 Å². The van der Waals surface area contributed by atoms with Crippen LogP contribution in [0.1, 0.15) is 25.0 Å². The second-order valence-electron chi connectivity index (χ2n) is 4.52. The molecule has 0 fully saturated rings. The molecule has 0 radical (unpaired) electrons. The number of nitrogens with zero attached hydrogens (tertiary/aromatic N) is 1. The van der Waals surface area contributed by atoms with Gasteiger partial charge in [-0.1, -0.05) is 12.1 Å².